The van der Waals surface area contributed by atoms with E-state index < -0.39 is 17.6 Å². The van der Waals surface area contributed by atoms with E-state index in [1.54, 1.807) is 31.4 Å². The minimum atomic E-state index is -2.27. The number of carbonyl (C=O) groups is 1. The molecule has 11 heteroatoms. The van der Waals surface area contributed by atoms with Crippen LogP contribution in [-0.4, -0.2) is 47.3 Å². The number of halogens is 1. The van der Waals surface area contributed by atoms with Crippen molar-refractivity contribution in [3.05, 3.63) is 76.6 Å². The summed E-state index contributed by atoms with van der Waals surface area (Å²) in [7, 11) is 4.42. The summed E-state index contributed by atoms with van der Waals surface area (Å²) < 4.78 is 51.7. The minimum Gasteiger partial charge on any atom is -0.494 e. The Labute approximate surface area is 245 Å². The van der Waals surface area contributed by atoms with Gasteiger partial charge in [-0.05, 0) is 79.3 Å². The van der Waals surface area contributed by atoms with Crippen molar-refractivity contribution < 1.29 is 38.0 Å². The van der Waals surface area contributed by atoms with Gasteiger partial charge in [-0.1, -0.05) is 6.07 Å². The summed E-state index contributed by atoms with van der Waals surface area (Å²) in [5, 5.41) is 12.1. The summed E-state index contributed by atoms with van der Waals surface area (Å²) in [4.78, 5) is 13.5. The fourth-order valence-electron chi connectivity index (χ4n) is 5.65. The summed E-state index contributed by atoms with van der Waals surface area (Å²) in [5.74, 6) is -2.35. The van der Waals surface area contributed by atoms with Gasteiger partial charge in [0, 0.05) is 17.6 Å². The normalized spacial score (nSPS) is 18.9. The molecule has 1 aliphatic heterocycles. The Balaban J connectivity index is 1.51. The molecule has 1 fully saturated rings. The molecular weight excluding hydrogens is 563 g/mol. The highest BCUT2D eigenvalue weighted by molar-refractivity contribution is 7.00. The van der Waals surface area contributed by atoms with Crippen LogP contribution >= 0.6 is 11.7 Å². The van der Waals surface area contributed by atoms with Crippen LogP contribution in [0.5, 0.6) is 23.0 Å². The predicted octanol–water partition coefficient (Wildman–Crippen LogP) is 5.58. The maximum absolute atomic E-state index is 14.9. The van der Waals surface area contributed by atoms with Gasteiger partial charge in [-0.3, -0.25) is 0 Å². The van der Waals surface area contributed by atoms with Gasteiger partial charge in [-0.2, -0.15) is 8.75 Å². The Hall–Kier alpha value is -4.22. The first kappa shape index (κ1) is 27.9. The number of aromatic nitrogens is 2. The Kier molecular flexibility index (Phi) is 7.46. The van der Waals surface area contributed by atoms with E-state index in [9.17, 15) is 14.3 Å². The molecule has 0 bridgehead atoms. The van der Waals surface area contributed by atoms with Crippen molar-refractivity contribution in [1.29, 1.82) is 0 Å². The topological polar surface area (TPSA) is 109 Å². The van der Waals surface area contributed by atoms with E-state index in [4.69, 9.17) is 23.7 Å². The van der Waals surface area contributed by atoms with Crippen molar-refractivity contribution >= 4 is 34.3 Å². The summed E-state index contributed by atoms with van der Waals surface area (Å²) in [6.45, 7) is 0. The van der Waals surface area contributed by atoms with Crippen LogP contribution in [0.1, 0.15) is 42.4 Å². The lowest BCUT2D eigenvalue weighted by atomic mass is 9.87. The number of hydrogen-bond donors (Lipinski definition) is 1. The number of fused-ring (bicyclic) bond motifs is 1. The summed E-state index contributed by atoms with van der Waals surface area (Å²) in [6.07, 6.45) is 4.13. The molecular formula is C31H29FN2O7S. The number of nitrogens with zero attached hydrogens (tertiary/aromatic N) is 2. The molecule has 1 unspecified atom stereocenters. The number of methoxy groups -OCH3 is 3. The van der Waals surface area contributed by atoms with Crippen LogP contribution in [0.25, 0.3) is 16.6 Å². The fraction of sp³-hybridized carbons (Fsp3) is 0.323. The van der Waals surface area contributed by atoms with Crippen LogP contribution in [0.15, 0.2) is 54.1 Å². The van der Waals surface area contributed by atoms with Crippen LogP contribution < -0.4 is 18.9 Å². The average Bonchev–Trinajstić information content (AvgIpc) is 3.73. The molecule has 1 N–H and O–H groups in total. The van der Waals surface area contributed by atoms with E-state index in [-0.39, 0.29) is 35.0 Å². The van der Waals surface area contributed by atoms with Gasteiger partial charge in [0.1, 0.15) is 11.0 Å². The van der Waals surface area contributed by atoms with E-state index in [0.717, 1.165) is 43.5 Å². The van der Waals surface area contributed by atoms with Crippen LogP contribution in [-0.2, 0) is 21.7 Å². The zero-order valence-corrected chi connectivity index (χ0v) is 24.1. The van der Waals surface area contributed by atoms with Gasteiger partial charge in [0.25, 0.3) is 5.79 Å². The van der Waals surface area contributed by atoms with Crippen LogP contribution in [0, 0.1) is 5.82 Å². The van der Waals surface area contributed by atoms with Crippen LogP contribution in [0.3, 0.4) is 0 Å². The molecule has 218 valence electrons. The molecule has 0 amide bonds. The Bertz CT molecular complexity index is 1700. The molecule has 1 aromatic heterocycles. The largest absolute Gasteiger partial charge is 0.494 e. The van der Waals surface area contributed by atoms with Gasteiger partial charge in [0.05, 0.1) is 44.7 Å². The van der Waals surface area contributed by atoms with Gasteiger partial charge in [0.15, 0.2) is 23.1 Å². The minimum absolute atomic E-state index is 0.00694. The summed E-state index contributed by atoms with van der Waals surface area (Å²) in [6, 6.07) is 12.7. The Morgan fingerprint density at radius 2 is 1.69 bits per heavy atom. The molecule has 0 radical (unpaired) electrons. The third kappa shape index (κ3) is 4.92. The van der Waals surface area contributed by atoms with Crippen molar-refractivity contribution in [3.63, 3.8) is 0 Å². The number of ether oxygens (including phenoxy) is 5. The van der Waals surface area contributed by atoms with Crippen molar-refractivity contribution in [2.45, 2.75) is 44.0 Å². The lowest BCUT2D eigenvalue weighted by molar-refractivity contribution is -0.185. The molecule has 6 rings (SSSR count). The fourth-order valence-corrected chi connectivity index (χ4v) is 6.17. The van der Waals surface area contributed by atoms with Gasteiger partial charge in [-0.25, -0.2) is 9.18 Å². The first-order valence-electron chi connectivity index (χ1n) is 13.5. The SMILES string of the molecule is COc1ccc(C2(O)OC(=O)C(c3ccc4nsnc4c3)=C2Cc2cc(OC)c(OC)c(OC3CCCC3)c2)cc1F. The van der Waals surface area contributed by atoms with E-state index in [1.165, 1.54) is 26.4 Å². The molecule has 0 saturated heterocycles. The first-order chi connectivity index (χ1) is 20.3. The first-order valence-corrected chi connectivity index (χ1v) is 14.2. The predicted molar refractivity (Wildman–Crippen MR) is 153 cm³/mol. The molecule has 0 spiro atoms. The third-order valence-corrected chi connectivity index (χ3v) is 8.28. The van der Waals surface area contributed by atoms with Gasteiger partial charge < -0.3 is 28.8 Å². The second kappa shape index (κ2) is 11.2. The highest BCUT2D eigenvalue weighted by atomic mass is 32.1. The summed E-state index contributed by atoms with van der Waals surface area (Å²) in [5.41, 5.74) is 2.84. The number of rotatable bonds is 9. The lowest BCUT2D eigenvalue weighted by Gasteiger charge is -2.26. The molecule has 1 atom stereocenters. The second-order valence-electron chi connectivity index (χ2n) is 10.2. The number of aliphatic hydroxyl groups is 1. The zero-order chi connectivity index (χ0) is 29.4. The molecule has 3 aromatic carbocycles. The Morgan fingerprint density at radius 3 is 2.40 bits per heavy atom. The Morgan fingerprint density at radius 1 is 0.952 bits per heavy atom. The molecule has 1 saturated carbocycles. The van der Waals surface area contributed by atoms with E-state index in [1.807, 2.05) is 6.07 Å². The van der Waals surface area contributed by atoms with Crippen LogP contribution in [0.2, 0.25) is 0 Å². The van der Waals surface area contributed by atoms with E-state index in [2.05, 4.69) is 8.75 Å². The second-order valence-corrected chi connectivity index (χ2v) is 10.8. The number of carbonyl (C=O) groups excluding carboxylic acids is 1. The van der Waals surface area contributed by atoms with E-state index >= 15 is 0 Å². The zero-order valence-electron chi connectivity index (χ0n) is 23.3. The standard InChI is InChI=1S/C31H29FN2O7S/c1-37-25-11-9-19(16-22(25)32)31(36)21(28(30(35)41-31)18-8-10-23-24(15-18)34-42-33-23)12-17-13-26(38-2)29(39-3)27(14-17)40-20-6-4-5-7-20/h8-11,13-16,20,36H,4-7,12H2,1-3H3. The van der Waals surface area contributed by atoms with Gasteiger partial charge in [-0.15, -0.1) is 0 Å². The number of benzene rings is 3. The maximum Gasteiger partial charge on any atom is 0.342 e. The molecule has 1 aliphatic carbocycles. The van der Waals surface area contributed by atoms with E-state index in [0.29, 0.717) is 39.4 Å². The lowest BCUT2D eigenvalue weighted by Crippen LogP contribution is -2.30. The number of cyclic esters (lactones) is 1. The molecule has 9 nitrogen and oxygen atoms in total. The van der Waals surface area contributed by atoms with Crippen molar-refractivity contribution in [1.82, 2.24) is 8.75 Å². The van der Waals surface area contributed by atoms with Crippen molar-refractivity contribution in [3.8, 4) is 23.0 Å². The van der Waals surface area contributed by atoms with Gasteiger partial charge >= 0.3 is 5.97 Å². The molecule has 2 aliphatic rings. The van der Waals surface area contributed by atoms with Crippen LogP contribution in [0.4, 0.5) is 4.39 Å². The molecule has 4 aromatic rings. The van der Waals surface area contributed by atoms with Crippen molar-refractivity contribution in [2.24, 2.45) is 0 Å². The highest BCUT2D eigenvalue weighted by Crippen LogP contribution is 2.47. The number of hydrogen-bond acceptors (Lipinski definition) is 10. The van der Waals surface area contributed by atoms with Crippen molar-refractivity contribution in [2.75, 3.05) is 21.3 Å². The monoisotopic (exact) mass is 592 g/mol. The average molecular weight is 593 g/mol. The van der Waals surface area contributed by atoms with Gasteiger partial charge in [0.2, 0.25) is 5.75 Å². The molecule has 42 heavy (non-hydrogen) atoms. The highest BCUT2D eigenvalue weighted by Gasteiger charge is 2.48. The quantitative estimate of drug-likeness (QED) is 0.249. The molecule has 2 heterocycles. The summed E-state index contributed by atoms with van der Waals surface area (Å²) >= 11 is 1.06. The third-order valence-electron chi connectivity index (χ3n) is 7.72. The smallest absolute Gasteiger partial charge is 0.342 e. The number of esters is 1. The maximum atomic E-state index is 14.9.